The van der Waals surface area contributed by atoms with Crippen molar-refractivity contribution in [2.24, 2.45) is 7.05 Å². The summed E-state index contributed by atoms with van der Waals surface area (Å²) in [6.07, 6.45) is 7.82. The van der Waals surface area contributed by atoms with Crippen molar-refractivity contribution in [2.45, 2.75) is 63.1 Å². The number of aryl methyl sites for hydroxylation is 1. The monoisotopic (exact) mass is 469 g/mol. The van der Waals surface area contributed by atoms with Gasteiger partial charge >= 0.3 is 0 Å². The number of ether oxygens (including phenoxy) is 1. The van der Waals surface area contributed by atoms with Crippen LogP contribution in [-0.2, 0) is 31.2 Å². The van der Waals surface area contributed by atoms with Crippen LogP contribution >= 0.6 is 0 Å². The molecule has 2 aromatic rings. The maximum Gasteiger partial charge on any atom is 0.272 e. The molecule has 2 aliphatic carbocycles. The van der Waals surface area contributed by atoms with Gasteiger partial charge < -0.3 is 15.4 Å². The van der Waals surface area contributed by atoms with Gasteiger partial charge in [-0.25, -0.2) is 4.39 Å². The Morgan fingerprint density at radius 1 is 1.24 bits per heavy atom. The Balaban J connectivity index is 1.24. The highest BCUT2D eigenvalue weighted by Gasteiger charge is 2.40. The van der Waals surface area contributed by atoms with Crippen LogP contribution in [0.3, 0.4) is 0 Å². The topological polar surface area (TPSA) is 71.4 Å². The number of morpholine rings is 1. The van der Waals surface area contributed by atoms with E-state index in [1.807, 2.05) is 11.7 Å². The number of hydrogen-bond donors (Lipinski definition) is 2. The molecule has 1 unspecified atom stereocenters. The highest BCUT2D eigenvalue weighted by molar-refractivity contribution is 5.94. The molecule has 34 heavy (non-hydrogen) atoms. The van der Waals surface area contributed by atoms with Crippen molar-refractivity contribution in [3.05, 3.63) is 52.6 Å². The number of hydrogen-bond acceptors (Lipinski definition) is 5. The van der Waals surface area contributed by atoms with Gasteiger partial charge in [-0.2, -0.15) is 5.10 Å². The first kappa shape index (κ1) is 23.5. The van der Waals surface area contributed by atoms with Crippen molar-refractivity contribution in [1.29, 1.82) is 0 Å². The van der Waals surface area contributed by atoms with Gasteiger partial charge in [0, 0.05) is 61.6 Å². The van der Waals surface area contributed by atoms with Crippen LogP contribution in [0.5, 0.6) is 0 Å². The lowest BCUT2D eigenvalue weighted by atomic mass is 9.89. The molecule has 2 heterocycles. The molecule has 8 heteroatoms. The summed E-state index contributed by atoms with van der Waals surface area (Å²) in [6, 6.07) is 6.86. The summed E-state index contributed by atoms with van der Waals surface area (Å²) in [5.74, 6) is -0.544. The van der Waals surface area contributed by atoms with Crippen LogP contribution in [0.1, 0.15) is 59.4 Å². The van der Waals surface area contributed by atoms with Crippen molar-refractivity contribution in [2.75, 3.05) is 32.8 Å². The zero-order valence-electron chi connectivity index (χ0n) is 20.1. The number of benzene rings is 1. The fourth-order valence-electron chi connectivity index (χ4n) is 6.06. The standard InChI is InChI=1S/C26H36FN5O2/c1-31-23-9-8-20(29-18-26(10-4-5-11-26)32-12-14-34-15-13-32)16-21(23)24(30-31)25(33)28-17-19-6-2-3-7-22(19)27/h2-3,6-7,20,29H,4-5,8-18H2,1H3,(H,28,33). The SMILES string of the molecule is Cn1nc(C(=O)NCc2ccccc2F)c2c1CCC(NCC1(N3CCOCC3)CCCC1)C2. The minimum atomic E-state index is -0.309. The van der Waals surface area contributed by atoms with Crippen molar-refractivity contribution >= 4 is 5.91 Å². The second-order valence-corrected chi connectivity index (χ2v) is 10.0. The number of amides is 1. The van der Waals surface area contributed by atoms with E-state index in [1.54, 1.807) is 18.2 Å². The lowest BCUT2D eigenvalue weighted by molar-refractivity contribution is -0.0213. The van der Waals surface area contributed by atoms with Gasteiger partial charge in [0.2, 0.25) is 0 Å². The molecule has 0 bridgehead atoms. The smallest absolute Gasteiger partial charge is 0.272 e. The number of carbonyl (C=O) groups is 1. The Hall–Kier alpha value is -2.29. The summed E-state index contributed by atoms with van der Waals surface area (Å²) in [4.78, 5) is 15.6. The van der Waals surface area contributed by atoms with Crippen molar-refractivity contribution < 1.29 is 13.9 Å². The quantitative estimate of drug-likeness (QED) is 0.652. The minimum absolute atomic E-state index is 0.153. The first-order valence-corrected chi connectivity index (χ1v) is 12.7. The number of halogens is 1. The summed E-state index contributed by atoms with van der Waals surface area (Å²) < 4.78 is 21.4. The van der Waals surface area contributed by atoms with Gasteiger partial charge in [0.25, 0.3) is 5.91 Å². The number of aromatic nitrogens is 2. The normalized spacial score (nSPS) is 22.5. The molecule has 3 aliphatic rings. The number of nitrogens with one attached hydrogen (secondary N) is 2. The van der Waals surface area contributed by atoms with E-state index in [0.29, 0.717) is 17.3 Å². The Labute approximate surface area is 201 Å². The van der Waals surface area contributed by atoms with E-state index in [1.165, 1.54) is 31.7 Å². The predicted molar refractivity (Wildman–Crippen MR) is 128 cm³/mol. The minimum Gasteiger partial charge on any atom is -0.379 e. The van der Waals surface area contributed by atoms with Crippen LogP contribution in [0, 0.1) is 5.82 Å². The second kappa shape index (κ2) is 10.1. The van der Waals surface area contributed by atoms with Gasteiger partial charge in [-0.05, 0) is 38.2 Å². The molecule has 1 atom stereocenters. The predicted octanol–water partition coefficient (Wildman–Crippen LogP) is 2.58. The van der Waals surface area contributed by atoms with E-state index in [2.05, 4.69) is 20.6 Å². The summed E-state index contributed by atoms with van der Waals surface area (Å²) in [5, 5.41) is 11.3. The first-order chi connectivity index (χ1) is 16.6. The highest BCUT2D eigenvalue weighted by Crippen LogP contribution is 2.36. The van der Waals surface area contributed by atoms with Crippen LogP contribution in [-0.4, -0.2) is 65.0 Å². The van der Waals surface area contributed by atoms with E-state index in [9.17, 15) is 9.18 Å². The number of nitrogens with zero attached hydrogens (tertiary/aromatic N) is 3. The average Bonchev–Trinajstić information content (AvgIpc) is 3.48. The molecule has 1 aromatic carbocycles. The lowest BCUT2D eigenvalue weighted by Crippen LogP contribution is -2.58. The molecule has 1 aromatic heterocycles. The lowest BCUT2D eigenvalue weighted by Gasteiger charge is -2.44. The van der Waals surface area contributed by atoms with Crippen LogP contribution in [0.4, 0.5) is 4.39 Å². The van der Waals surface area contributed by atoms with Gasteiger partial charge in [-0.3, -0.25) is 14.4 Å². The van der Waals surface area contributed by atoms with Crippen LogP contribution in [0.2, 0.25) is 0 Å². The van der Waals surface area contributed by atoms with Crippen LogP contribution in [0.25, 0.3) is 0 Å². The maximum atomic E-state index is 14.0. The zero-order chi connectivity index (χ0) is 23.5. The molecule has 184 valence electrons. The largest absolute Gasteiger partial charge is 0.379 e. The molecule has 0 spiro atoms. The fraction of sp³-hybridized carbons (Fsp3) is 0.615. The van der Waals surface area contributed by atoms with E-state index in [4.69, 9.17) is 4.74 Å². The molecule has 1 saturated heterocycles. The number of fused-ring (bicyclic) bond motifs is 1. The van der Waals surface area contributed by atoms with E-state index >= 15 is 0 Å². The van der Waals surface area contributed by atoms with Gasteiger partial charge in [0.05, 0.1) is 13.2 Å². The van der Waals surface area contributed by atoms with E-state index in [-0.39, 0.29) is 23.8 Å². The molecule has 0 radical (unpaired) electrons. The van der Waals surface area contributed by atoms with Gasteiger partial charge in [0.1, 0.15) is 5.82 Å². The molecule has 1 amide bonds. The highest BCUT2D eigenvalue weighted by atomic mass is 19.1. The van der Waals surface area contributed by atoms with Crippen LogP contribution in [0.15, 0.2) is 24.3 Å². The summed E-state index contributed by atoms with van der Waals surface area (Å²) >= 11 is 0. The molecular formula is C26H36FN5O2. The van der Waals surface area contributed by atoms with Crippen molar-refractivity contribution in [3.8, 4) is 0 Å². The fourth-order valence-corrected chi connectivity index (χ4v) is 6.06. The van der Waals surface area contributed by atoms with Crippen molar-refractivity contribution in [1.82, 2.24) is 25.3 Å². The molecule has 1 aliphatic heterocycles. The average molecular weight is 470 g/mol. The molecule has 5 rings (SSSR count). The Morgan fingerprint density at radius 3 is 2.76 bits per heavy atom. The summed E-state index contributed by atoms with van der Waals surface area (Å²) in [5.41, 5.74) is 3.36. The summed E-state index contributed by atoms with van der Waals surface area (Å²) in [6.45, 7) is 4.84. The van der Waals surface area contributed by atoms with Crippen molar-refractivity contribution in [3.63, 3.8) is 0 Å². The van der Waals surface area contributed by atoms with Crippen LogP contribution < -0.4 is 10.6 Å². The third-order valence-corrected chi connectivity index (χ3v) is 8.00. The third kappa shape index (κ3) is 4.76. The second-order valence-electron chi connectivity index (χ2n) is 10.0. The summed E-state index contributed by atoms with van der Waals surface area (Å²) in [7, 11) is 1.91. The molecule has 2 N–H and O–H groups in total. The van der Waals surface area contributed by atoms with Gasteiger partial charge in [0.15, 0.2) is 5.69 Å². The maximum absolute atomic E-state index is 14.0. The molecular weight excluding hydrogens is 433 g/mol. The van der Waals surface area contributed by atoms with Gasteiger partial charge in [-0.1, -0.05) is 31.0 Å². The number of carbonyl (C=O) groups excluding carboxylic acids is 1. The Kier molecular flexibility index (Phi) is 6.99. The molecule has 1 saturated carbocycles. The Bertz CT molecular complexity index is 1010. The Morgan fingerprint density at radius 2 is 2.00 bits per heavy atom. The van der Waals surface area contributed by atoms with E-state index in [0.717, 1.165) is 63.4 Å². The number of rotatable bonds is 7. The van der Waals surface area contributed by atoms with E-state index < -0.39 is 0 Å². The molecule has 7 nitrogen and oxygen atoms in total. The molecule has 2 fully saturated rings. The third-order valence-electron chi connectivity index (χ3n) is 8.00. The zero-order valence-corrected chi connectivity index (χ0v) is 20.1. The first-order valence-electron chi connectivity index (χ1n) is 12.7. The van der Waals surface area contributed by atoms with Gasteiger partial charge in [-0.15, -0.1) is 0 Å².